The first-order valence-electron chi connectivity index (χ1n) is 12.4. The Labute approximate surface area is 234 Å². The first kappa shape index (κ1) is 26.5. The van der Waals surface area contributed by atoms with Crippen molar-refractivity contribution in [2.75, 3.05) is 5.43 Å². The zero-order valence-corrected chi connectivity index (χ0v) is 22.5. The summed E-state index contributed by atoms with van der Waals surface area (Å²) in [6, 6.07) is 28.4. The molecule has 0 aliphatic heterocycles. The number of thiazole rings is 1. The summed E-state index contributed by atoms with van der Waals surface area (Å²) in [4.78, 5) is 28.7. The average molecular weight is 549 g/mol. The van der Waals surface area contributed by atoms with Crippen LogP contribution >= 0.6 is 11.3 Å². The highest BCUT2D eigenvalue weighted by molar-refractivity contribution is 7.19. The van der Waals surface area contributed by atoms with Crippen molar-refractivity contribution in [2.45, 2.75) is 13.8 Å². The molecule has 9 heteroatoms. The third-order valence-electron chi connectivity index (χ3n) is 6.08. The lowest BCUT2D eigenvalue weighted by Gasteiger charge is -2.07. The van der Waals surface area contributed by atoms with Crippen molar-refractivity contribution in [1.29, 1.82) is 0 Å². The van der Waals surface area contributed by atoms with E-state index in [2.05, 4.69) is 16.6 Å². The van der Waals surface area contributed by atoms with Gasteiger partial charge in [-0.2, -0.15) is 5.10 Å². The quantitative estimate of drug-likeness (QED) is 0.0701. The minimum absolute atomic E-state index is 0.0325. The highest BCUT2D eigenvalue weighted by Crippen LogP contribution is 2.40. The number of carbonyl (C=O) groups is 1. The third-order valence-corrected chi connectivity index (χ3v) is 7.09. The molecule has 4 aromatic carbocycles. The number of rotatable bonds is 8. The number of hydrazone groups is 1. The molecule has 1 heterocycles. The number of esters is 1. The van der Waals surface area contributed by atoms with Gasteiger partial charge in [-0.3, -0.25) is 15.5 Å². The van der Waals surface area contributed by atoms with Gasteiger partial charge in [0, 0.05) is 17.7 Å². The van der Waals surface area contributed by atoms with Crippen LogP contribution in [0.5, 0.6) is 5.75 Å². The number of non-ortho nitro benzene ring substituents is 1. The molecule has 0 saturated heterocycles. The van der Waals surface area contributed by atoms with E-state index >= 15 is 0 Å². The van der Waals surface area contributed by atoms with E-state index in [-0.39, 0.29) is 5.69 Å². The number of nitro groups is 1. The zero-order valence-electron chi connectivity index (χ0n) is 21.7. The Morgan fingerprint density at radius 3 is 2.38 bits per heavy atom. The molecule has 1 N–H and O–H groups in total. The van der Waals surface area contributed by atoms with Crippen molar-refractivity contribution in [3.05, 3.63) is 129 Å². The van der Waals surface area contributed by atoms with Crippen LogP contribution in [0.25, 0.3) is 21.7 Å². The monoisotopic (exact) mass is 548 g/mol. The standard InChI is InChI=1S/C31H24N4O4S/c1-20-8-17-27(21(2)18-20)28-29(23-11-13-25(14-12-23)35(37)38)40-31(33-28)34-32-19-22-9-15-26(16-10-22)39-30(36)24-6-4-3-5-7-24/h3-19H,1-2H3,(H,33,34)/b32-19-. The fourth-order valence-corrected chi connectivity index (χ4v) is 5.02. The van der Waals surface area contributed by atoms with Crippen LogP contribution in [0, 0.1) is 24.0 Å². The van der Waals surface area contributed by atoms with Crippen molar-refractivity contribution in [2.24, 2.45) is 5.10 Å². The van der Waals surface area contributed by atoms with E-state index in [1.165, 1.54) is 23.5 Å². The fourth-order valence-electron chi connectivity index (χ4n) is 4.08. The Morgan fingerprint density at radius 2 is 1.70 bits per heavy atom. The summed E-state index contributed by atoms with van der Waals surface area (Å²) in [7, 11) is 0. The van der Waals surface area contributed by atoms with Gasteiger partial charge >= 0.3 is 5.97 Å². The molecular formula is C31H24N4O4S. The molecule has 5 aromatic rings. The predicted octanol–water partition coefficient (Wildman–Crippen LogP) is 7.67. The molecule has 0 amide bonds. The van der Waals surface area contributed by atoms with Crippen molar-refractivity contribution in [3.63, 3.8) is 0 Å². The Bertz CT molecular complexity index is 1700. The molecule has 1 aromatic heterocycles. The largest absolute Gasteiger partial charge is 0.423 e. The van der Waals surface area contributed by atoms with Crippen molar-refractivity contribution in [3.8, 4) is 27.4 Å². The van der Waals surface area contributed by atoms with Gasteiger partial charge in [-0.05, 0) is 79.1 Å². The Kier molecular flexibility index (Phi) is 7.75. The van der Waals surface area contributed by atoms with Gasteiger partial charge in [0.2, 0.25) is 5.13 Å². The van der Waals surface area contributed by atoms with Crippen LogP contribution in [-0.2, 0) is 0 Å². The van der Waals surface area contributed by atoms with E-state index in [1.807, 2.05) is 32.0 Å². The number of ether oxygens (including phenoxy) is 1. The molecular weight excluding hydrogens is 524 g/mol. The highest BCUT2D eigenvalue weighted by Gasteiger charge is 2.18. The summed E-state index contributed by atoms with van der Waals surface area (Å²) >= 11 is 1.41. The van der Waals surface area contributed by atoms with Gasteiger partial charge in [0.25, 0.3) is 5.69 Å². The van der Waals surface area contributed by atoms with E-state index in [9.17, 15) is 14.9 Å². The molecule has 0 fully saturated rings. The van der Waals surface area contributed by atoms with Gasteiger partial charge in [0.15, 0.2) is 0 Å². The number of nitro benzene ring substituents is 1. The van der Waals surface area contributed by atoms with Crippen LogP contribution in [0.4, 0.5) is 10.8 Å². The first-order chi connectivity index (χ1) is 19.4. The van der Waals surface area contributed by atoms with Gasteiger partial charge in [0.05, 0.1) is 27.3 Å². The van der Waals surface area contributed by atoms with Gasteiger partial charge in [-0.25, -0.2) is 9.78 Å². The fraction of sp³-hybridized carbons (Fsp3) is 0.0645. The maximum absolute atomic E-state index is 12.3. The number of hydrogen-bond donors (Lipinski definition) is 1. The molecule has 0 atom stereocenters. The Balaban J connectivity index is 1.35. The molecule has 0 saturated carbocycles. The van der Waals surface area contributed by atoms with Crippen LogP contribution in [0.15, 0.2) is 102 Å². The van der Waals surface area contributed by atoms with Crippen LogP contribution in [0.1, 0.15) is 27.0 Å². The van der Waals surface area contributed by atoms with Crippen LogP contribution in [-0.4, -0.2) is 22.1 Å². The van der Waals surface area contributed by atoms with Crippen LogP contribution < -0.4 is 10.2 Å². The van der Waals surface area contributed by atoms with E-state index in [1.54, 1.807) is 66.9 Å². The third kappa shape index (κ3) is 6.11. The minimum Gasteiger partial charge on any atom is -0.423 e. The molecule has 0 bridgehead atoms. The van der Waals surface area contributed by atoms with Crippen molar-refractivity contribution >= 4 is 34.3 Å². The second-order valence-electron chi connectivity index (χ2n) is 9.01. The van der Waals surface area contributed by atoms with Gasteiger partial charge in [-0.1, -0.05) is 53.3 Å². The smallest absolute Gasteiger partial charge is 0.343 e. The summed E-state index contributed by atoms with van der Waals surface area (Å²) in [6.45, 7) is 4.07. The first-order valence-corrected chi connectivity index (χ1v) is 13.2. The van der Waals surface area contributed by atoms with Gasteiger partial charge in [0.1, 0.15) is 5.75 Å². The topological polar surface area (TPSA) is 107 Å². The lowest BCUT2D eigenvalue weighted by atomic mass is 10.0. The number of anilines is 1. The average Bonchev–Trinajstić information content (AvgIpc) is 3.38. The molecule has 0 unspecified atom stereocenters. The lowest BCUT2D eigenvalue weighted by molar-refractivity contribution is -0.384. The lowest BCUT2D eigenvalue weighted by Crippen LogP contribution is -2.08. The summed E-state index contributed by atoms with van der Waals surface area (Å²) in [6.07, 6.45) is 1.65. The summed E-state index contributed by atoms with van der Waals surface area (Å²) in [5.74, 6) is 0.0145. The normalized spacial score (nSPS) is 10.9. The maximum Gasteiger partial charge on any atom is 0.343 e. The highest BCUT2D eigenvalue weighted by atomic mass is 32.1. The van der Waals surface area contributed by atoms with Crippen molar-refractivity contribution in [1.82, 2.24) is 4.98 Å². The summed E-state index contributed by atoms with van der Waals surface area (Å²) in [5.41, 5.74) is 9.13. The van der Waals surface area contributed by atoms with Gasteiger partial charge < -0.3 is 4.74 Å². The number of aromatic nitrogens is 1. The SMILES string of the molecule is Cc1ccc(-c2nc(N/N=C\c3ccc(OC(=O)c4ccccc4)cc3)sc2-c2ccc([N+](=O)[O-])cc2)c(C)c1. The van der Waals surface area contributed by atoms with E-state index < -0.39 is 10.9 Å². The Hall–Kier alpha value is -5.15. The van der Waals surface area contributed by atoms with E-state index in [4.69, 9.17) is 9.72 Å². The zero-order chi connectivity index (χ0) is 28.1. The maximum atomic E-state index is 12.3. The van der Waals surface area contributed by atoms with Crippen LogP contribution in [0.3, 0.4) is 0 Å². The van der Waals surface area contributed by atoms with Crippen molar-refractivity contribution < 1.29 is 14.5 Å². The number of aryl methyl sites for hydroxylation is 2. The Morgan fingerprint density at radius 1 is 0.975 bits per heavy atom. The number of nitrogens with zero attached hydrogens (tertiary/aromatic N) is 3. The summed E-state index contributed by atoms with van der Waals surface area (Å²) in [5, 5.41) is 16.0. The number of nitrogens with one attached hydrogen (secondary N) is 1. The molecule has 0 spiro atoms. The molecule has 0 aliphatic rings. The number of carbonyl (C=O) groups excluding carboxylic acids is 1. The van der Waals surface area contributed by atoms with E-state index in [0.29, 0.717) is 16.4 Å². The molecule has 5 rings (SSSR count). The second-order valence-corrected chi connectivity index (χ2v) is 10.0. The molecule has 8 nitrogen and oxygen atoms in total. The number of hydrogen-bond acceptors (Lipinski definition) is 8. The van der Waals surface area contributed by atoms with Gasteiger partial charge in [-0.15, -0.1) is 0 Å². The predicted molar refractivity (Wildman–Crippen MR) is 158 cm³/mol. The molecule has 40 heavy (non-hydrogen) atoms. The summed E-state index contributed by atoms with van der Waals surface area (Å²) < 4.78 is 5.42. The second kappa shape index (κ2) is 11.7. The molecule has 198 valence electrons. The number of benzene rings is 4. The minimum atomic E-state index is -0.420. The molecule has 0 radical (unpaired) electrons. The van der Waals surface area contributed by atoms with Crippen LogP contribution in [0.2, 0.25) is 0 Å². The van der Waals surface area contributed by atoms with E-state index in [0.717, 1.165) is 38.4 Å². The molecule has 0 aliphatic carbocycles.